The first-order chi connectivity index (χ1) is 12.6. The minimum Gasteiger partial charge on any atom is -0.497 e. The molecule has 1 aliphatic heterocycles. The van der Waals surface area contributed by atoms with Crippen LogP contribution in [0.4, 0.5) is 0 Å². The van der Waals surface area contributed by atoms with Crippen molar-refractivity contribution < 1.29 is 9.53 Å². The Morgan fingerprint density at radius 3 is 2.65 bits per heavy atom. The molecule has 1 heterocycles. The summed E-state index contributed by atoms with van der Waals surface area (Å²) >= 11 is 0. The lowest BCUT2D eigenvalue weighted by atomic mass is 9.85. The molecule has 2 aromatic carbocycles. The molecule has 1 aliphatic carbocycles. The molecule has 134 valence electrons. The first kappa shape index (κ1) is 16.7. The summed E-state index contributed by atoms with van der Waals surface area (Å²) in [6, 6.07) is 14.7. The van der Waals surface area contributed by atoms with Gasteiger partial charge in [-0.1, -0.05) is 42.8 Å². The summed E-state index contributed by atoms with van der Waals surface area (Å²) in [6.45, 7) is 3.99. The Balaban J connectivity index is 1.83. The Morgan fingerprint density at radius 1 is 1.19 bits per heavy atom. The van der Waals surface area contributed by atoms with Crippen LogP contribution in [0.1, 0.15) is 48.1 Å². The van der Waals surface area contributed by atoms with E-state index in [1.165, 1.54) is 16.7 Å². The fraction of sp³-hybridized carbons (Fsp3) is 0.318. The van der Waals surface area contributed by atoms with E-state index in [2.05, 4.69) is 48.7 Å². The number of amides is 1. The Kier molecular flexibility index (Phi) is 4.19. The fourth-order valence-electron chi connectivity index (χ4n) is 3.92. The molecule has 4 rings (SSSR count). The molecule has 0 spiro atoms. The summed E-state index contributed by atoms with van der Waals surface area (Å²) in [5.41, 5.74) is 10.6. The number of fused-ring (bicyclic) bond motifs is 2. The van der Waals surface area contributed by atoms with Gasteiger partial charge >= 0.3 is 0 Å². The van der Waals surface area contributed by atoms with E-state index in [0.29, 0.717) is 6.42 Å². The maximum Gasteiger partial charge on any atom is 0.241 e. The second-order valence-electron chi connectivity index (χ2n) is 6.97. The highest BCUT2D eigenvalue weighted by molar-refractivity contribution is 5.84. The Morgan fingerprint density at radius 2 is 1.96 bits per heavy atom. The Bertz CT molecular complexity index is 884. The lowest BCUT2D eigenvalue weighted by molar-refractivity contribution is -0.134. The van der Waals surface area contributed by atoms with Crippen LogP contribution >= 0.6 is 0 Å². The zero-order chi connectivity index (χ0) is 18.3. The second kappa shape index (κ2) is 6.52. The minimum absolute atomic E-state index is 0.0441. The van der Waals surface area contributed by atoms with Gasteiger partial charge in [-0.2, -0.15) is 0 Å². The van der Waals surface area contributed by atoms with E-state index >= 15 is 0 Å². The normalized spacial score (nSPS) is 18.3. The summed E-state index contributed by atoms with van der Waals surface area (Å²) in [7, 11) is 1.68. The predicted molar refractivity (Wildman–Crippen MR) is 102 cm³/mol. The molecule has 0 aromatic heterocycles. The molecule has 1 amide bonds. The molecule has 4 heteroatoms. The monoisotopic (exact) mass is 348 g/mol. The lowest BCUT2D eigenvalue weighted by Crippen LogP contribution is -2.39. The van der Waals surface area contributed by atoms with Crippen molar-refractivity contribution in [3.8, 4) is 5.75 Å². The number of nitrogens with one attached hydrogen (secondary N) is 1. The molecule has 2 aromatic rings. The third-order valence-electron chi connectivity index (χ3n) is 5.36. The van der Waals surface area contributed by atoms with Gasteiger partial charge in [0.15, 0.2) is 0 Å². The van der Waals surface area contributed by atoms with Crippen molar-refractivity contribution >= 4 is 11.6 Å². The van der Waals surface area contributed by atoms with Gasteiger partial charge in [0, 0.05) is 12.0 Å². The number of hydrogen-bond donors (Lipinski definition) is 1. The van der Waals surface area contributed by atoms with Crippen molar-refractivity contribution in [1.82, 2.24) is 10.4 Å². The maximum atomic E-state index is 12.7. The zero-order valence-electron chi connectivity index (χ0n) is 15.5. The standard InChI is InChI=1S/C22H24N2O2/c1-4-20(25)24-22(16-7-5-14(2)6-8-16)18-12-10-15-9-11-17(26-3)13-19(15)21(18)23-24/h5-9,11,13,22-23H,4,10,12H2,1-3H3. The molecule has 0 saturated carbocycles. The van der Waals surface area contributed by atoms with E-state index in [1.54, 1.807) is 7.11 Å². The van der Waals surface area contributed by atoms with E-state index < -0.39 is 0 Å². The van der Waals surface area contributed by atoms with Gasteiger partial charge in [0.1, 0.15) is 11.8 Å². The number of carbonyl (C=O) groups is 1. The van der Waals surface area contributed by atoms with Crippen molar-refractivity contribution in [2.75, 3.05) is 7.11 Å². The van der Waals surface area contributed by atoms with Gasteiger partial charge in [0.05, 0.1) is 12.8 Å². The quantitative estimate of drug-likeness (QED) is 0.906. The van der Waals surface area contributed by atoms with Gasteiger partial charge < -0.3 is 4.74 Å². The van der Waals surface area contributed by atoms with Crippen molar-refractivity contribution in [2.45, 2.75) is 39.2 Å². The van der Waals surface area contributed by atoms with Crippen molar-refractivity contribution in [3.05, 3.63) is 70.3 Å². The number of hydrazine groups is 1. The Hall–Kier alpha value is -2.75. The van der Waals surface area contributed by atoms with Crippen molar-refractivity contribution in [1.29, 1.82) is 0 Å². The van der Waals surface area contributed by atoms with Crippen LogP contribution in [0.2, 0.25) is 0 Å². The van der Waals surface area contributed by atoms with E-state index in [9.17, 15) is 4.79 Å². The van der Waals surface area contributed by atoms with E-state index in [4.69, 9.17) is 4.74 Å². The third-order valence-corrected chi connectivity index (χ3v) is 5.36. The van der Waals surface area contributed by atoms with E-state index in [1.807, 2.05) is 18.0 Å². The average molecular weight is 348 g/mol. The molecule has 0 fully saturated rings. The number of hydrogen-bond acceptors (Lipinski definition) is 3. The van der Waals surface area contributed by atoms with Crippen LogP contribution in [-0.2, 0) is 11.2 Å². The molecule has 0 bridgehead atoms. The van der Waals surface area contributed by atoms with Crippen LogP contribution in [0.5, 0.6) is 5.75 Å². The summed E-state index contributed by atoms with van der Waals surface area (Å²) in [5.74, 6) is 0.945. The highest BCUT2D eigenvalue weighted by Gasteiger charge is 2.38. The van der Waals surface area contributed by atoms with Crippen LogP contribution in [0.3, 0.4) is 0 Å². The van der Waals surface area contributed by atoms with Crippen LogP contribution < -0.4 is 10.2 Å². The molecular weight excluding hydrogens is 324 g/mol. The van der Waals surface area contributed by atoms with Gasteiger partial charge in [-0.05, 0) is 48.6 Å². The van der Waals surface area contributed by atoms with Crippen LogP contribution in [0.25, 0.3) is 5.70 Å². The zero-order valence-corrected chi connectivity index (χ0v) is 15.5. The van der Waals surface area contributed by atoms with Crippen molar-refractivity contribution in [3.63, 3.8) is 0 Å². The highest BCUT2D eigenvalue weighted by atomic mass is 16.5. The maximum absolute atomic E-state index is 12.7. The molecule has 1 atom stereocenters. The number of carbonyl (C=O) groups excluding carboxylic acids is 1. The van der Waals surface area contributed by atoms with Crippen LogP contribution in [0.15, 0.2) is 48.0 Å². The molecule has 0 saturated heterocycles. The lowest BCUT2D eigenvalue weighted by Gasteiger charge is -2.26. The SMILES string of the molecule is CCC(=O)N1NC2=C(CCc3ccc(OC)cc32)C1c1ccc(C)cc1. The van der Waals surface area contributed by atoms with Crippen molar-refractivity contribution in [2.24, 2.45) is 0 Å². The molecule has 26 heavy (non-hydrogen) atoms. The number of methoxy groups -OCH3 is 1. The van der Waals surface area contributed by atoms with Gasteiger partial charge in [-0.3, -0.25) is 10.2 Å². The summed E-state index contributed by atoms with van der Waals surface area (Å²) in [4.78, 5) is 12.7. The minimum atomic E-state index is -0.0441. The van der Waals surface area contributed by atoms with Crippen LogP contribution in [0, 0.1) is 6.92 Å². The van der Waals surface area contributed by atoms with E-state index in [-0.39, 0.29) is 11.9 Å². The number of nitrogens with zero attached hydrogens (tertiary/aromatic N) is 1. The van der Waals surface area contributed by atoms with E-state index in [0.717, 1.165) is 35.4 Å². The fourth-order valence-corrected chi connectivity index (χ4v) is 3.92. The van der Waals surface area contributed by atoms with Gasteiger partial charge in [-0.25, -0.2) is 5.01 Å². The second-order valence-corrected chi connectivity index (χ2v) is 6.97. The molecule has 0 radical (unpaired) electrons. The molecule has 4 nitrogen and oxygen atoms in total. The summed E-state index contributed by atoms with van der Waals surface area (Å²) in [6.07, 6.45) is 2.41. The predicted octanol–water partition coefficient (Wildman–Crippen LogP) is 4.16. The first-order valence-electron chi connectivity index (χ1n) is 9.18. The number of rotatable bonds is 3. The molecular formula is C22H24N2O2. The topological polar surface area (TPSA) is 41.6 Å². The highest BCUT2D eigenvalue weighted by Crippen LogP contribution is 2.44. The van der Waals surface area contributed by atoms with Gasteiger partial charge in [0.2, 0.25) is 5.91 Å². The van der Waals surface area contributed by atoms with Crippen LogP contribution in [-0.4, -0.2) is 18.0 Å². The van der Waals surface area contributed by atoms with Gasteiger partial charge in [-0.15, -0.1) is 0 Å². The number of ether oxygens (including phenoxy) is 1. The number of benzene rings is 2. The summed E-state index contributed by atoms with van der Waals surface area (Å²) < 4.78 is 5.42. The molecule has 2 aliphatic rings. The number of aryl methyl sites for hydroxylation is 2. The largest absolute Gasteiger partial charge is 0.497 e. The Labute approximate surface area is 154 Å². The van der Waals surface area contributed by atoms with Gasteiger partial charge in [0.25, 0.3) is 0 Å². The molecule has 1 N–H and O–H groups in total. The third kappa shape index (κ3) is 2.66. The average Bonchev–Trinajstić information content (AvgIpc) is 3.07. The molecule has 1 unspecified atom stereocenters. The summed E-state index contributed by atoms with van der Waals surface area (Å²) in [5, 5.41) is 1.81. The smallest absolute Gasteiger partial charge is 0.241 e. The first-order valence-corrected chi connectivity index (χ1v) is 9.18.